The van der Waals surface area contributed by atoms with E-state index in [1.807, 2.05) is 0 Å². The van der Waals surface area contributed by atoms with Crippen molar-refractivity contribution >= 4 is 34.8 Å². The minimum absolute atomic E-state index is 0.180. The van der Waals surface area contributed by atoms with Crippen LogP contribution in [0, 0.1) is 5.82 Å². The fourth-order valence-electron chi connectivity index (χ4n) is 2.31. The largest absolute Gasteiger partial charge is 0.323 e. The zero-order valence-electron chi connectivity index (χ0n) is 9.58. The molecule has 0 bridgehead atoms. The van der Waals surface area contributed by atoms with E-state index in [1.54, 1.807) is 30.3 Å². The lowest BCUT2D eigenvalue weighted by atomic mass is 9.92. The normalized spacial score (nSPS) is 17.2. The van der Waals surface area contributed by atoms with Crippen LogP contribution in [0.4, 0.5) is 10.1 Å². The third kappa shape index (κ3) is 1.99. The second kappa shape index (κ2) is 4.51. The summed E-state index contributed by atoms with van der Waals surface area (Å²) in [7, 11) is 0. The van der Waals surface area contributed by atoms with E-state index >= 15 is 0 Å². The molecule has 96 valence electrons. The monoisotopic (exact) mass is 295 g/mol. The maximum atomic E-state index is 13.8. The molecule has 2 aromatic carbocycles. The highest BCUT2D eigenvalue weighted by atomic mass is 35.5. The molecule has 0 aromatic heterocycles. The van der Waals surface area contributed by atoms with E-state index in [-0.39, 0.29) is 16.6 Å². The van der Waals surface area contributed by atoms with Gasteiger partial charge in [-0.3, -0.25) is 4.79 Å². The first-order valence-electron chi connectivity index (χ1n) is 5.62. The average molecular weight is 296 g/mol. The van der Waals surface area contributed by atoms with E-state index in [0.717, 1.165) is 0 Å². The lowest BCUT2D eigenvalue weighted by Gasteiger charge is -2.11. The summed E-state index contributed by atoms with van der Waals surface area (Å²) in [4.78, 5) is 12.1. The van der Waals surface area contributed by atoms with Crippen LogP contribution in [0.1, 0.15) is 17.0 Å². The molecule has 1 aliphatic heterocycles. The molecule has 3 rings (SSSR count). The number of carbonyl (C=O) groups is 1. The van der Waals surface area contributed by atoms with Gasteiger partial charge in [0, 0.05) is 10.0 Å². The second-order valence-corrected chi connectivity index (χ2v) is 5.14. The lowest BCUT2D eigenvalue weighted by Crippen LogP contribution is -2.13. The Bertz CT molecular complexity index is 687. The van der Waals surface area contributed by atoms with Gasteiger partial charge in [0.05, 0.1) is 11.6 Å². The van der Waals surface area contributed by atoms with Gasteiger partial charge >= 0.3 is 0 Å². The van der Waals surface area contributed by atoms with Crippen LogP contribution in [-0.4, -0.2) is 5.91 Å². The molecule has 1 N–H and O–H groups in total. The number of rotatable bonds is 1. The standard InChI is InChI=1S/C14H8Cl2FNO/c15-7-5-9-12(8-3-1-2-4-10(8)16)14(19)18-13(9)11(17)6-7/h1-6,12H,(H,18,19). The molecule has 0 saturated carbocycles. The Morgan fingerprint density at radius 1 is 1.11 bits per heavy atom. The van der Waals surface area contributed by atoms with Crippen molar-refractivity contribution in [3.8, 4) is 0 Å². The molecule has 2 nitrogen and oxygen atoms in total. The lowest BCUT2D eigenvalue weighted by molar-refractivity contribution is -0.116. The van der Waals surface area contributed by atoms with Crippen LogP contribution in [0.15, 0.2) is 36.4 Å². The van der Waals surface area contributed by atoms with Crippen LogP contribution in [0.25, 0.3) is 0 Å². The molecule has 5 heteroatoms. The molecule has 1 aliphatic rings. The maximum Gasteiger partial charge on any atom is 0.236 e. The Kier molecular flexibility index (Phi) is 2.96. The molecular weight excluding hydrogens is 288 g/mol. The van der Waals surface area contributed by atoms with Crippen LogP contribution in [0.3, 0.4) is 0 Å². The second-order valence-electron chi connectivity index (χ2n) is 4.30. The van der Waals surface area contributed by atoms with Gasteiger partial charge in [-0.05, 0) is 29.3 Å². The minimum Gasteiger partial charge on any atom is -0.323 e. The highest BCUT2D eigenvalue weighted by molar-refractivity contribution is 6.32. The minimum atomic E-state index is -0.628. The predicted molar refractivity (Wildman–Crippen MR) is 73.3 cm³/mol. The number of amides is 1. The van der Waals surface area contributed by atoms with Crippen LogP contribution >= 0.6 is 23.2 Å². The SMILES string of the molecule is O=C1Nc2c(F)cc(Cl)cc2C1c1ccccc1Cl. The van der Waals surface area contributed by atoms with Crippen LogP contribution in [0.5, 0.6) is 0 Å². The van der Waals surface area contributed by atoms with Crippen molar-refractivity contribution < 1.29 is 9.18 Å². The Morgan fingerprint density at radius 2 is 1.84 bits per heavy atom. The van der Waals surface area contributed by atoms with E-state index < -0.39 is 11.7 Å². The van der Waals surface area contributed by atoms with Crippen molar-refractivity contribution in [1.82, 2.24) is 0 Å². The molecule has 1 heterocycles. The van der Waals surface area contributed by atoms with Gasteiger partial charge in [-0.1, -0.05) is 41.4 Å². The molecule has 19 heavy (non-hydrogen) atoms. The first kappa shape index (κ1) is 12.5. The summed E-state index contributed by atoms with van der Waals surface area (Å²) < 4.78 is 13.8. The van der Waals surface area contributed by atoms with Crippen molar-refractivity contribution in [2.75, 3.05) is 5.32 Å². The van der Waals surface area contributed by atoms with Gasteiger partial charge < -0.3 is 5.32 Å². The summed E-state index contributed by atoms with van der Waals surface area (Å²) in [5.74, 6) is -1.47. The Balaban J connectivity index is 2.21. The highest BCUT2D eigenvalue weighted by Gasteiger charge is 2.35. The Morgan fingerprint density at radius 3 is 2.58 bits per heavy atom. The van der Waals surface area contributed by atoms with Crippen molar-refractivity contribution in [1.29, 1.82) is 0 Å². The van der Waals surface area contributed by atoms with E-state index in [1.165, 1.54) is 6.07 Å². The fourth-order valence-corrected chi connectivity index (χ4v) is 2.77. The first-order valence-corrected chi connectivity index (χ1v) is 6.38. The van der Waals surface area contributed by atoms with E-state index in [4.69, 9.17) is 23.2 Å². The number of nitrogens with one attached hydrogen (secondary N) is 1. The van der Waals surface area contributed by atoms with Gasteiger partial charge in [-0.25, -0.2) is 4.39 Å². The molecular formula is C14H8Cl2FNO. The third-order valence-electron chi connectivity index (χ3n) is 3.12. The van der Waals surface area contributed by atoms with Gasteiger partial charge in [-0.15, -0.1) is 0 Å². The maximum absolute atomic E-state index is 13.8. The van der Waals surface area contributed by atoms with Gasteiger partial charge in [0.2, 0.25) is 5.91 Å². The molecule has 2 aromatic rings. The zero-order valence-corrected chi connectivity index (χ0v) is 11.1. The molecule has 0 aliphatic carbocycles. The van der Waals surface area contributed by atoms with Gasteiger partial charge in [0.1, 0.15) is 5.82 Å². The Labute approximate surface area is 119 Å². The third-order valence-corrected chi connectivity index (χ3v) is 3.69. The number of halogens is 3. The van der Waals surface area contributed by atoms with Crippen LogP contribution in [-0.2, 0) is 4.79 Å². The summed E-state index contributed by atoms with van der Waals surface area (Å²) in [5, 5.41) is 3.26. The molecule has 1 atom stereocenters. The number of carbonyl (C=O) groups excluding carboxylic acids is 1. The Hall–Kier alpha value is -1.58. The number of fused-ring (bicyclic) bond motifs is 1. The molecule has 0 radical (unpaired) electrons. The highest BCUT2D eigenvalue weighted by Crippen LogP contribution is 2.42. The number of benzene rings is 2. The van der Waals surface area contributed by atoms with Crippen molar-refractivity contribution in [3.63, 3.8) is 0 Å². The number of hydrogen-bond acceptors (Lipinski definition) is 1. The number of anilines is 1. The van der Waals surface area contributed by atoms with Crippen molar-refractivity contribution in [2.24, 2.45) is 0 Å². The van der Waals surface area contributed by atoms with E-state index in [0.29, 0.717) is 16.1 Å². The van der Waals surface area contributed by atoms with Gasteiger partial charge in [-0.2, -0.15) is 0 Å². The van der Waals surface area contributed by atoms with Crippen LogP contribution < -0.4 is 5.32 Å². The summed E-state index contributed by atoms with van der Waals surface area (Å²) in [6, 6.07) is 9.77. The summed E-state index contributed by atoms with van der Waals surface area (Å²) in [5.41, 5.74) is 1.34. The van der Waals surface area contributed by atoms with Crippen LogP contribution in [0.2, 0.25) is 10.0 Å². The number of hydrogen-bond donors (Lipinski definition) is 1. The summed E-state index contributed by atoms with van der Waals surface area (Å²) >= 11 is 12.0. The van der Waals surface area contributed by atoms with Crippen molar-refractivity contribution in [2.45, 2.75) is 5.92 Å². The quantitative estimate of drug-likeness (QED) is 0.839. The fraction of sp³-hybridized carbons (Fsp3) is 0.0714. The van der Waals surface area contributed by atoms with Gasteiger partial charge in [0.15, 0.2) is 0 Å². The molecule has 0 saturated heterocycles. The van der Waals surface area contributed by atoms with Crippen molar-refractivity contribution in [3.05, 3.63) is 63.4 Å². The molecule has 0 spiro atoms. The summed E-state index contributed by atoms with van der Waals surface area (Å²) in [6.45, 7) is 0. The average Bonchev–Trinajstić information content (AvgIpc) is 2.67. The van der Waals surface area contributed by atoms with E-state index in [2.05, 4.69) is 5.32 Å². The smallest absolute Gasteiger partial charge is 0.236 e. The first-order chi connectivity index (χ1) is 9.08. The van der Waals surface area contributed by atoms with E-state index in [9.17, 15) is 9.18 Å². The van der Waals surface area contributed by atoms with Gasteiger partial charge in [0.25, 0.3) is 0 Å². The summed E-state index contributed by atoms with van der Waals surface area (Å²) in [6.07, 6.45) is 0. The molecule has 0 fully saturated rings. The molecule has 1 unspecified atom stereocenters. The zero-order chi connectivity index (χ0) is 13.6. The predicted octanol–water partition coefficient (Wildman–Crippen LogP) is 4.22. The topological polar surface area (TPSA) is 29.1 Å². The molecule has 1 amide bonds.